The van der Waals surface area contributed by atoms with Gasteiger partial charge in [0.1, 0.15) is 0 Å². The standard InChI is InChI=1S/C14H19ClN4/c1-10-6-5-7-12(15)13(10)19-11(9-17-18-19)8-16-14(2,3)4/h5-7,9,16H,8H2,1-4H3. The maximum Gasteiger partial charge on any atom is 0.0882 e. The van der Waals surface area contributed by atoms with Crippen LogP contribution in [0.2, 0.25) is 5.02 Å². The van der Waals surface area contributed by atoms with Gasteiger partial charge in [0.15, 0.2) is 0 Å². The molecule has 2 aromatic rings. The summed E-state index contributed by atoms with van der Waals surface area (Å²) in [5, 5.41) is 12.3. The third-order valence-corrected chi connectivity index (χ3v) is 3.13. The summed E-state index contributed by atoms with van der Waals surface area (Å²) in [6, 6.07) is 5.82. The molecule has 1 aromatic carbocycles. The molecule has 19 heavy (non-hydrogen) atoms. The van der Waals surface area contributed by atoms with Gasteiger partial charge in [-0.2, -0.15) is 0 Å². The summed E-state index contributed by atoms with van der Waals surface area (Å²) >= 11 is 6.27. The van der Waals surface area contributed by atoms with Crippen LogP contribution < -0.4 is 5.32 Å². The van der Waals surface area contributed by atoms with Crippen molar-refractivity contribution in [2.24, 2.45) is 0 Å². The quantitative estimate of drug-likeness (QED) is 0.938. The van der Waals surface area contributed by atoms with Gasteiger partial charge in [0.25, 0.3) is 0 Å². The second kappa shape index (κ2) is 5.31. The molecule has 0 saturated heterocycles. The number of aryl methyl sites for hydroxylation is 1. The summed E-state index contributed by atoms with van der Waals surface area (Å²) in [6.45, 7) is 9.09. The van der Waals surface area contributed by atoms with E-state index in [1.165, 1.54) is 0 Å². The van der Waals surface area contributed by atoms with E-state index in [-0.39, 0.29) is 5.54 Å². The number of nitrogens with zero attached hydrogens (tertiary/aromatic N) is 3. The predicted octanol–water partition coefficient (Wildman–Crippen LogP) is 3.12. The van der Waals surface area contributed by atoms with Crippen molar-refractivity contribution in [3.05, 3.63) is 40.7 Å². The molecule has 0 fully saturated rings. The largest absolute Gasteiger partial charge is 0.306 e. The second-order valence-electron chi connectivity index (χ2n) is 5.65. The number of halogens is 1. The summed E-state index contributed by atoms with van der Waals surface area (Å²) in [4.78, 5) is 0. The zero-order valence-electron chi connectivity index (χ0n) is 11.7. The van der Waals surface area contributed by atoms with Crippen LogP contribution in [-0.2, 0) is 6.54 Å². The second-order valence-corrected chi connectivity index (χ2v) is 6.05. The molecule has 0 amide bonds. The molecule has 0 aliphatic carbocycles. The zero-order valence-corrected chi connectivity index (χ0v) is 12.5. The molecule has 1 heterocycles. The highest BCUT2D eigenvalue weighted by Crippen LogP contribution is 2.24. The highest BCUT2D eigenvalue weighted by molar-refractivity contribution is 6.32. The lowest BCUT2D eigenvalue weighted by Gasteiger charge is -2.20. The number of nitrogens with one attached hydrogen (secondary N) is 1. The number of rotatable bonds is 3. The van der Waals surface area contributed by atoms with Crippen LogP contribution in [0.1, 0.15) is 32.0 Å². The van der Waals surface area contributed by atoms with E-state index in [2.05, 4.69) is 36.4 Å². The zero-order chi connectivity index (χ0) is 14.0. The highest BCUT2D eigenvalue weighted by atomic mass is 35.5. The molecule has 0 unspecified atom stereocenters. The van der Waals surface area contributed by atoms with E-state index in [1.54, 1.807) is 10.9 Å². The summed E-state index contributed by atoms with van der Waals surface area (Å²) in [6.07, 6.45) is 1.77. The van der Waals surface area contributed by atoms with Crippen molar-refractivity contribution in [1.29, 1.82) is 0 Å². The molecule has 0 bridgehead atoms. The van der Waals surface area contributed by atoms with E-state index in [0.717, 1.165) is 16.9 Å². The first-order valence-electron chi connectivity index (χ1n) is 6.28. The van der Waals surface area contributed by atoms with Crippen molar-refractivity contribution in [1.82, 2.24) is 20.3 Å². The monoisotopic (exact) mass is 278 g/mol. The summed E-state index contributed by atoms with van der Waals surface area (Å²) in [7, 11) is 0. The normalized spacial score (nSPS) is 11.8. The first kappa shape index (κ1) is 14.0. The van der Waals surface area contributed by atoms with Crippen LogP contribution in [0.15, 0.2) is 24.4 Å². The average molecular weight is 279 g/mol. The van der Waals surface area contributed by atoms with Crippen molar-refractivity contribution in [2.75, 3.05) is 0 Å². The fraction of sp³-hybridized carbons (Fsp3) is 0.429. The van der Waals surface area contributed by atoms with Gasteiger partial charge in [0, 0.05) is 12.1 Å². The SMILES string of the molecule is Cc1cccc(Cl)c1-n1nncc1CNC(C)(C)C. The number of benzene rings is 1. The van der Waals surface area contributed by atoms with Crippen molar-refractivity contribution in [3.8, 4) is 5.69 Å². The fourth-order valence-corrected chi connectivity index (χ4v) is 2.11. The molecular formula is C14H19ClN4. The topological polar surface area (TPSA) is 42.7 Å². The van der Waals surface area contributed by atoms with E-state index in [1.807, 2.05) is 25.1 Å². The Labute approximate surface area is 118 Å². The third-order valence-electron chi connectivity index (χ3n) is 2.82. The molecule has 0 saturated carbocycles. The first-order valence-corrected chi connectivity index (χ1v) is 6.66. The molecule has 102 valence electrons. The highest BCUT2D eigenvalue weighted by Gasteiger charge is 2.14. The summed E-state index contributed by atoms with van der Waals surface area (Å²) in [5.74, 6) is 0. The third kappa shape index (κ3) is 3.33. The van der Waals surface area contributed by atoms with Crippen molar-refractivity contribution < 1.29 is 0 Å². The minimum atomic E-state index is 0.0463. The van der Waals surface area contributed by atoms with Crippen LogP contribution in [0, 0.1) is 6.92 Å². The molecule has 1 aromatic heterocycles. The van der Waals surface area contributed by atoms with Crippen LogP contribution in [0.4, 0.5) is 0 Å². The van der Waals surface area contributed by atoms with Crippen LogP contribution in [0.25, 0.3) is 5.69 Å². The van der Waals surface area contributed by atoms with Crippen LogP contribution >= 0.6 is 11.6 Å². The number of hydrogen-bond acceptors (Lipinski definition) is 3. The molecule has 4 nitrogen and oxygen atoms in total. The van der Waals surface area contributed by atoms with Crippen molar-refractivity contribution in [2.45, 2.75) is 39.8 Å². The Balaban J connectivity index is 2.34. The van der Waals surface area contributed by atoms with E-state index >= 15 is 0 Å². The summed E-state index contributed by atoms with van der Waals surface area (Å²) < 4.78 is 1.80. The van der Waals surface area contributed by atoms with Gasteiger partial charge < -0.3 is 5.32 Å². The smallest absolute Gasteiger partial charge is 0.0882 e. The van der Waals surface area contributed by atoms with E-state index in [0.29, 0.717) is 11.6 Å². The molecule has 1 N–H and O–H groups in total. The maximum atomic E-state index is 6.27. The molecule has 0 spiro atoms. The lowest BCUT2D eigenvalue weighted by Crippen LogP contribution is -2.35. The van der Waals surface area contributed by atoms with E-state index in [9.17, 15) is 0 Å². The minimum absolute atomic E-state index is 0.0463. The Bertz CT molecular complexity index is 549. The van der Waals surface area contributed by atoms with E-state index < -0.39 is 0 Å². The number of para-hydroxylation sites is 1. The van der Waals surface area contributed by atoms with Crippen LogP contribution in [0.5, 0.6) is 0 Å². The van der Waals surface area contributed by atoms with Crippen LogP contribution in [-0.4, -0.2) is 20.5 Å². The maximum absolute atomic E-state index is 6.27. The minimum Gasteiger partial charge on any atom is -0.306 e. The Hall–Kier alpha value is -1.39. The number of hydrogen-bond donors (Lipinski definition) is 1. The van der Waals surface area contributed by atoms with Gasteiger partial charge in [-0.15, -0.1) is 5.10 Å². The van der Waals surface area contributed by atoms with Gasteiger partial charge in [-0.05, 0) is 39.3 Å². The van der Waals surface area contributed by atoms with Crippen LogP contribution in [0.3, 0.4) is 0 Å². The Morgan fingerprint density at radius 1 is 1.32 bits per heavy atom. The number of aromatic nitrogens is 3. The van der Waals surface area contributed by atoms with Gasteiger partial charge in [-0.1, -0.05) is 28.9 Å². The summed E-state index contributed by atoms with van der Waals surface area (Å²) in [5.41, 5.74) is 3.01. The Kier molecular flexibility index (Phi) is 3.92. The van der Waals surface area contributed by atoms with Gasteiger partial charge in [0.05, 0.1) is 22.6 Å². The molecule has 2 rings (SSSR count). The van der Waals surface area contributed by atoms with Gasteiger partial charge in [-0.25, -0.2) is 4.68 Å². The average Bonchev–Trinajstić information content (AvgIpc) is 2.73. The van der Waals surface area contributed by atoms with Crippen molar-refractivity contribution in [3.63, 3.8) is 0 Å². The Morgan fingerprint density at radius 3 is 2.68 bits per heavy atom. The molecular weight excluding hydrogens is 260 g/mol. The molecule has 0 atom stereocenters. The first-order chi connectivity index (χ1) is 8.88. The Morgan fingerprint density at radius 2 is 2.05 bits per heavy atom. The molecule has 0 radical (unpaired) electrons. The molecule has 0 aliphatic rings. The van der Waals surface area contributed by atoms with Gasteiger partial charge in [-0.3, -0.25) is 0 Å². The predicted molar refractivity (Wildman–Crippen MR) is 77.7 cm³/mol. The lowest BCUT2D eigenvalue weighted by molar-refractivity contribution is 0.418. The lowest BCUT2D eigenvalue weighted by atomic mass is 10.1. The van der Waals surface area contributed by atoms with Gasteiger partial charge in [0.2, 0.25) is 0 Å². The van der Waals surface area contributed by atoms with Crippen molar-refractivity contribution >= 4 is 11.6 Å². The molecule has 0 aliphatic heterocycles. The van der Waals surface area contributed by atoms with E-state index in [4.69, 9.17) is 11.6 Å². The molecule has 5 heteroatoms. The van der Waals surface area contributed by atoms with Gasteiger partial charge >= 0.3 is 0 Å². The fourth-order valence-electron chi connectivity index (χ4n) is 1.81.